The highest BCUT2D eigenvalue weighted by Crippen LogP contribution is 2.33. The second-order valence-corrected chi connectivity index (χ2v) is 7.19. The molecular weight excluding hydrogens is 328 g/mol. The highest BCUT2D eigenvalue weighted by Gasteiger charge is 2.16. The third-order valence-electron chi connectivity index (χ3n) is 5.47. The van der Waals surface area contributed by atoms with Crippen LogP contribution in [0, 0.1) is 20.8 Å². The Morgan fingerprint density at radius 1 is 0.704 bits per heavy atom. The first-order valence-electron chi connectivity index (χ1n) is 9.36. The Balaban J connectivity index is 1.79. The lowest BCUT2D eigenvalue weighted by Crippen LogP contribution is -2.37. The highest BCUT2D eigenvalue weighted by molar-refractivity contribution is 5.76. The molecule has 134 valence electrons. The molecule has 4 rings (SSSR count). The zero-order valence-corrected chi connectivity index (χ0v) is 16.4. The van der Waals surface area contributed by atoms with E-state index in [1.54, 1.807) is 0 Å². The lowest BCUT2D eigenvalue weighted by atomic mass is 9.90. The molecule has 0 radical (unpaired) electrons. The molecule has 27 heavy (non-hydrogen) atoms. The van der Waals surface area contributed by atoms with E-state index in [9.17, 15) is 0 Å². The van der Waals surface area contributed by atoms with Crippen molar-refractivity contribution in [2.24, 2.45) is 7.05 Å². The molecule has 2 heteroatoms. The van der Waals surface area contributed by atoms with Crippen molar-refractivity contribution < 1.29 is 4.68 Å². The molecule has 1 heterocycles. The molecule has 4 aromatic rings. The van der Waals surface area contributed by atoms with Crippen LogP contribution in [-0.4, -0.2) is 4.68 Å². The zero-order valence-electron chi connectivity index (χ0n) is 16.4. The van der Waals surface area contributed by atoms with Gasteiger partial charge in [0.05, 0.1) is 6.20 Å². The van der Waals surface area contributed by atoms with Crippen LogP contribution in [0.15, 0.2) is 79.1 Å². The number of hydrogen-bond donors (Lipinski definition) is 0. The molecule has 0 saturated heterocycles. The van der Waals surface area contributed by atoms with Gasteiger partial charge in [0.25, 0.3) is 0 Å². The lowest BCUT2D eigenvalue weighted by Gasteiger charge is -2.17. The second kappa shape index (κ2) is 6.88. The molecule has 1 aromatic heterocycles. The number of aromatic nitrogens is 2. The molecule has 0 amide bonds. The maximum absolute atomic E-state index is 2.29. The van der Waals surface area contributed by atoms with Crippen LogP contribution in [0.2, 0.25) is 0 Å². The molecule has 0 fully saturated rings. The molecule has 0 bridgehead atoms. The average Bonchev–Trinajstić information content (AvgIpc) is 3.12. The van der Waals surface area contributed by atoms with Crippen LogP contribution in [0.1, 0.15) is 16.7 Å². The van der Waals surface area contributed by atoms with Crippen LogP contribution in [0.25, 0.3) is 27.9 Å². The van der Waals surface area contributed by atoms with Gasteiger partial charge in [0.2, 0.25) is 0 Å². The number of aryl methyl sites for hydroxylation is 2. The summed E-state index contributed by atoms with van der Waals surface area (Å²) in [7, 11) is 2.07. The van der Waals surface area contributed by atoms with Gasteiger partial charge in [-0.2, -0.15) is 0 Å². The van der Waals surface area contributed by atoms with Gasteiger partial charge in [-0.3, -0.25) is 0 Å². The van der Waals surface area contributed by atoms with Crippen molar-refractivity contribution in [3.63, 3.8) is 0 Å². The van der Waals surface area contributed by atoms with E-state index in [1.165, 1.54) is 44.6 Å². The summed E-state index contributed by atoms with van der Waals surface area (Å²) in [6.07, 6.45) is 4.18. The summed E-state index contributed by atoms with van der Waals surface area (Å²) in [4.78, 5) is 0. The van der Waals surface area contributed by atoms with E-state index < -0.39 is 0 Å². The predicted octanol–water partition coefficient (Wildman–Crippen LogP) is 5.56. The fourth-order valence-corrected chi connectivity index (χ4v) is 3.87. The smallest absolute Gasteiger partial charge is 0.128 e. The van der Waals surface area contributed by atoms with E-state index in [0.717, 1.165) is 0 Å². The summed E-state index contributed by atoms with van der Waals surface area (Å²) >= 11 is 0. The summed E-state index contributed by atoms with van der Waals surface area (Å²) in [6, 6.07) is 23.8. The largest absolute Gasteiger partial charge is 0.195 e. The molecule has 0 aliphatic carbocycles. The highest BCUT2D eigenvalue weighted by atomic mass is 15.4. The van der Waals surface area contributed by atoms with Crippen LogP contribution < -0.4 is 4.68 Å². The van der Waals surface area contributed by atoms with Gasteiger partial charge in [-0.15, -0.1) is 9.36 Å². The first-order chi connectivity index (χ1) is 13.1. The van der Waals surface area contributed by atoms with Crippen molar-refractivity contribution in [1.29, 1.82) is 0 Å². The van der Waals surface area contributed by atoms with Crippen LogP contribution in [0.5, 0.6) is 0 Å². The minimum atomic E-state index is 1.24. The summed E-state index contributed by atoms with van der Waals surface area (Å²) in [6.45, 7) is 6.65. The van der Waals surface area contributed by atoms with Gasteiger partial charge in [-0.05, 0) is 65.8 Å². The fourth-order valence-electron chi connectivity index (χ4n) is 3.87. The first kappa shape index (κ1) is 17.3. The molecule has 0 saturated carbocycles. The molecule has 0 atom stereocenters. The van der Waals surface area contributed by atoms with E-state index in [4.69, 9.17) is 0 Å². The predicted molar refractivity (Wildman–Crippen MR) is 112 cm³/mol. The van der Waals surface area contributed by atoms with Gasteiger partial charge in [-0.1, -0.05) is 54.6 Å². The standard InChI is InChI=1S/C25H25N2/c1-18-17-24(27-16-8-15-26(27)4)19(2)20(3)25(18)23-13-11-22(12-14-23)21-9-6-5-7-10-21/h5-17H,1-4H3/q+1. The molecule has 3 aromatic carbocycles. The normalized spacial score (nSPS) is 11.0. The van der Waals surface area contributed by atoms with Gasteiger partial charge < -0.3 is 0 Å². The number of hydrogen-bond acceptors (Lipinski definition) is 0. The molecule has 0 unspecified atom stereocenters. The summed E-state index contributed by atoms with van der Waals surface area (Å²) in [5.41, 5.74) is 10.3. The van der Waals surface area contributed by atoms with Gasteiger partial charge >= 0.3 is 0 Å². The van der Waals surface area contributed by atoms with Crippen LogP contribution in [-0.2, 0) is 7.05 Å². The van der Waals surface area contributed by atoms with E-state index in [2.05, 4.69) is 116 Å². The number of benzene rings is 3. The van der Waals surface area contributed by atoms with Gasteiger partial charge in [0.1, 0.15) is 5.69 Å². The summed E-state index contributed by atoms with van der Waals surface area (Å²) < 4.78 is 4.30. The monoisotopic (exact) mass is 353 g/mol. The van der Waals surface area contributed by atoms with Gasteiger partial charge in [0.15, 0.2) is 13.2 Å². The van der Waals surface area contributed by atoms with Gasteiger partial charge in [-0.25, -0.2) is 0 Å². The Kier molecular flexibility index (Phi) is 4.41. The minimum Gasteiger partial charge on any atom is -0.128 e. The minimum absolute atomic E-state index is 1.24. The van der Waals surface area contributed by atoms with Gasteiger partial charge in [0, 0.05) is 6.07 Å². The van der Waals surface area contributed by atoms with Crippen LogP contribution >= 0.6 is 0 Å². The summed E-state index contributed by atoms with van der Waals surface area (Å²) in [5, 5.41) is 0. The van der Waals surface area contributed by atoms with Crippen LogP contribution in [0.3, 0.4) is 0 Å². The van der Waals surface area contributed by atoms with Crippen molar-refractivity contribution in [2.75, 3.05) is 0 Å². The molecule has 2 nitrogen and oxygen atoms in total. The second-order valence-electron chi connectivity index (χ2n) is 7.19. The Hall–Kier alpha value is -3.13. The third-order valence-corrected chi connectivity index (χ3v) is 5.47. The van der Waals surface area contributed by atoms with Crippen molar-refractivity contribution in [3.8, 4) is 27.9 Å². The first-order valence-corrected chi connectivity index (χ1v) is 9.36. The molecule has 0 spiro atoms. The third kappa shape index (κ3) is 3.08. The van der Waals surface area contributed by atoms with Crippen molar-refractivity contribution in [1.82, 2.24) is 4.68 Å². The quantitative estimate of drug-likeness (QED) is 0.426. The molecular formula is C25H25N2+. The topological polar surface area (TPSA) is 8.81 Å². The van der Waals surface area contributed by atoms with E-state index in [1.807, 2.05) is 0 Å². The van der Waals surface area contributed by atoms with E-state index in [0.29, 0.717) is 0 Å². The summed E-state index contributed by atoms with van der Waals surface area (Å²) in [5.74, 6) is 0. The number of nitrogens with zero attached hydrogens (tertiary/aromatic N) is 2. The maximum atomic E-state index is 2.29. The maximum Gasteiger partial charge on any atom is 0.195 e. The zero-order chi connectivity index (χ0) is 19.0. The van der Waals surface area contributed by atoms with Crippen LogP contribution in [0.4, 0.5) is 0 Å². The van der Waals surface area contributed by atoms with E-state index in [-0.39, 0.29) is 0 Å². The van der Waals surface area contributed by atoms with Crippen molar-refractivity contribution in [2.45, 2.75) is 20.8 Å². The fraction of sp³-hybridized carbons (Fsp3) is 0.160. The Labute approximate surface area is 161 Å². The Morgan fingerprint density at radius 3 is 1.96 bits per heavy atom. The average molecular weight is 353 g/mol. The number of rotatable bonds is 3. The van der Waals surface area contributed by atoms with Crippen molar-refractivity contribution >= 4 is 0 Å². The Bertz CT molecular complexity index is 1090. The molecule has 0 aliphatic rings. The lowest BCUT2D eigenvalue weighted by molar-refractivity contribution is -0.744. The van der Waals surface area contributed by atoms with Crippen molar-refractivity contribution in [3.05, 3.63) is 95.8 Å². The molecule has 0 aliphatic heterocycles. The van der Waals surface area contributed by atoms with E-state index >= 15 is 0 Å². The molecule has 0 N–H and O–H groups in total. The SMILES string of the molecule is Cc1cc(-n2ccc[n+]2C)c(C)c(C)c1-c1ccc(-c2ccccc2)cc1. The Morgan fingerprint density at radius 2 is 1.33 bits per heavy atom.